The zero-order chi connectivity index (χ0) is 18.5. The molecule has 0 spiro atoms. The molecule has 26 heavy (non-hydrogen) atoms. The molecule has 0 bridgehead atoms. The smallest absolute Gasteiger partial charge is 0.358 e. The summed E-state index contributed by atoms with van der Waals surface area (Å²) < 4.78 is 5.21. The SMILES string of the molecule is CC(OC(=O)c1csc(-c2ccccc2)n1)C(=O)Nc1ccc(Cl)cc1. The van der Waals surface area contributed by atoms with Crippen LogP contribution in [0.25, 0.3) is 10.6 Å². The molecule has 0 aliphatic carbocycles. The quantitative estimate of drug-likeness (QED) is 0.648. The Kier molecular flexibility index (Phi) is 5.65. The fourth-order valence-electron chi connectivity index (χ4n) is 2.13. The fraction of sp³-hybridized carbons (Fsp3) is 0.105. The minimum Gasteiger partial charge on any atom is -0.448 e. The molecule has 0 aliphatic heterocycles. The van der Waals surface area contributed by atoms with Gasteiger partial charge in [-0.05, 0) is 31.2 Å². The highest BCUT2D eigenvalue weighted by Crippen LogP contribution is 2.23. The van der Waals surface area contributed by atoms with Gasteiger partial charge < -0.3 is 10.1 Å². The number of esters is 1. The van der Waals surface area contributed by atoms with Crippen LogP contribution in [0.3, 0.4) is 0 Å². The number of hydrogen-bond acceptors (Lipinski definition) is 5. The first-order valence-electron chi connectivity index (χ1n) is 7.81. The van der Waals surface area contributed by atoms with Gasteiger partial charge in [-0.25, -0.2) is 9.78 Å². The van der Waals surface area contributed by atoms with Crippen molar-refractivity contribution < 1.29 is 14.3 Å². The number of carbonyl (C=O) groups is 2. The number of nitrogens with zero attached hydrogens (tertiary/aromatic N) is 1. The summed E-state index contributed by atoms with van der Waals surface area (Å²) in [5, 5.41) is 5.57. The number of aromatic nitrogens is 1. The number of rotatable bonds is 5. The van der Waals surface area contributed by atoms with Crippen molar-refractivity contribution in [1.29, 1.82) is 0 Å². The number of amides is 1. The molecule has 0 saturated carbocycles. The first-order valence-corrected chi connectivity index (χ1v) is 9.07. The number of hydrogen-bond donors (Lipinski definition) is 1. The molecule has 5 nitrogen and oxygen atoms in total. The molecule has 1 aromatic heterocycles. The zero-order valence-electron chi connectivity index (χ0n) is 13.8. The van der Waals surface area contributed by atoms with Gasteiger partial charge in [-0.3, -0.25) is 4.79 Å². The van der Waals surface area contributed by atoms with Crippen LogP contribution in [0, 0.1) is 0 Å². The number of benzene rings is 2. The maximum absolute atomic E-state index is 12.2. The van der Waals surface area contributed by atoms with Crippen molar-refractivity contribution in [2.24, 2.45) is 0 Å². The molecule has 1 heterocycles. The van der Waals surface area contributed by atoms with Crippen LogP contribution in [0.1, 0.15) is 17.4 Å². The van der Waals surface area contributed by atoms with Gasteiger partial charge in [0.2, 0.25) is 0 Å². The Balaban J connectivity index is 1.61. The van der Waals surface area contributed by atoms with Gasteiger partial charge in [-0.15, -0.1) is 11.3 Å². The van der Waals surface area contributed by atoms with Crippen LogP contribution in [-0.2, 0) is 9.53 Å². The Morgan fingerprint density at radius 3 is 2.50 bits per heavy atom. The highest BCUT2D eigenvalue weighted by molar-refractivity contribution is 7.13. The van der Waals surface area contributed by atoms with E-state index in [0.29, 0.717) is 10.7 Å². The van der Waals surface area contributed by atoms with Crippen LogP contribution in [0.4, 0.5) is 5.69 Å². The van der Waals surface area contributed by atoms with Crippen LogP contribution < -0.4 is 5.32 Å². The van der Waals surface area contributed by atoms with Crippen LogP contribution in [-0.4, -0.2) is 23.0 Å². The third-order valence-corrected chi connectivity index (χ3v) is 4.64. The van der Waals surface area contributed by atoms with Crippen molar-refractivity contribution in [3.05, 3.63) is 70.7 Å². The Morgan fingerprint density at radius 2 is 1.81 bits per heavy atom. The summed E-state index contributed by atoms with van der Waals surface area (Å²) in [5.41, 5.74) is 1.67. The second-order valence-electron chi connectivity index (χ2n) is 5.45. The highest BCUT2D eigenvalue weighted by atomic mass is 35.5. The largest absolute Gasteiger partial charge is 0.448 e. The zero-order valence-corrected chi connectivity index (χ0v) is 15.4. The number of halogens is 1. The Labute approximate surface area is 159 Å². The lowest BCUT2D eigenvalue weighted by Gasteiger charge is -2.12. The predicted octanol–water partition coefficient (Wildman–Crippen LogP) is 4.65. The molecular weight excluding hydrogens is 372 g/mol. The van der Waals surface area contributed by atoms with Crippen molar-refractivity contribution >= 4 is 40.5 Å². The number of thiazole rings is 1. The standard InChI is InChI=1S/C19H15ClN2O3S/c1-12(17(23)21-15-9-7-14(20)8-10-15)25-19(24)16-11-26-18(22-16)13-5-3-2-4-6-13/h2-12H,1H3,(H,21,23). The van der Waals surface area contributed by atoms with Crippen molar-refractivity contribution in [3.63, 3.8) is 0 Å². The molecule has 1 atom stereocenters. The molecule has 1 unspecified atom stereocenters. The number of ether oxygens (including phenoxy) is 1. The van der Waals surface area contributed by atoms with Gasteiger partial charge in [0.1, 0.15) is 5.01 Å². The van der Waals surface area contributed by atoms with E-state index < -0.39 is 18.0 Å². The molecule has 1 amide bonds. The van der Waals surface area contributed by atoms with Gasteiger partial charge in [0, 0.05) is 21.7 Å². The van der Waals surface area contributed by atoms with E-state index in [9.17, 15) is 9.59 Å². The maximum atomic E-state index is 12.2. The summed E-state index contributed by atoms with van der Waals surface area (Å²) in [7, 11) is 0. The maximum Gasteiger partial charge on any atom is 0.358 e. The summed E-state index contributed by atoms with van der Waals surface area (Å²) in [4.78, 5) is 28.7. The number of anilines is 1. The molecule has 0 radical (unpaired) electrons. The first kappa shape index (κ1) is 18.1. The lowest BCUT2D eigenvalue weighted by molar-refractivity contribution is -0.123. The van der Waals surface area contributed by atoms with Crippen LogP contribution in [0.15, 0.2) is 60.0 Å². The van der Waals surface area contributed by atoms with E-state index in [4.69, 9.17) is 16.3 Å². The highest BCUT2D eigenvalue weighted by Gasteiger charge is 2.21. The Bertz CT molecular complexity index is 910. The molecule has 3 aromatic rings. The van der Waals surface area contributed by atoms with Crippen LogP contribution >= 0.6 is 22.9 Å². The Morgan fingerprint density at radius 1 is 1.12 bits per heavy atom. The number of carbonyl (C=O) groups excluding carboxylic acids is 2. The predicted molar refractivity (Wildman–Crippen MR) is 103 cm³/mol. The van der Waals surface area contributed by atoms with Gasteiger partial charge in [0.15, 0.2) is 11.8 Å². The molecule has 3 rings (SSSR count). The number of nitrogens with one attached hydrogen (secondary N) is 1. The van der Waals surface area contributed by atoms with Crippen molar-refractivity contribution in [1.82, 2.24) is 4.98 Å². The van der Waals surface area contributed by atoms with Gasteiger partial charge in [0.25, 0.3) is 5.91 Å². The van der Waals surface area contributed by atoms with Crippen LogP contribution in [0.5, 0.6) is 0 Å². The van der Waals surface area contributed by atoms with Gasteiger partial charge >= 0.3 is 5.97 Å². The Hall–Kier alpha value is -2.70. The van der Waals surface area contributed by atoms with E-state index in [2.05, 4.69) is 10.3 Å². The average molecular weight is 387 g/mol. The molecule has 1 N–H and O–H groups in total. The molecule has 0 saturated heterocycles. The summed E-state index contributed by atoms with van der Waals surface area (Å²) in [6, 6.07) is 16.2. The molecule has 0 fully saturated rings. The second kappa shape index (κ2) is 8.12. The van der Waals surface area contributed by atoms with E-state index in [0.717, 1.165) is 10.6 Å². The topological polar surface area (TPSA) is 68.3 Å². The van der Waals surface area contributed by atoms with E-state index in [-0.39, 0.29) is 5.69 Å². The van der Waals surface area contributed by atoms with E-state index in [1.807, 2.05) is 30.3 Å². The third kappa shape index (κ3) is 4.47. The minimum atomic E-state index is -0.958. The summed E-state index contributed by atoms with van der Waals surface area (Å²) in [5.74, 6) is -1.07. The van der Waals surface area contributed by atoms with E-state index in [1.54, 1.807) is 29.6 Å². The third-order valence-electron chi connectivity index (χ3n) is 3.50. The molecular formula is C19H15ClN2O3S. The lowest BCUT2D eigenvalue weighted by atomic mass is 10.2. The normalized spacial score (nSPS) is 11.6. The molecule has 132 valence electrons. The summed E-state index contributed by atoms with van der Waals surface area (Å²) >= 11 is 7.15. The molecule has 0 aliphatic rings. The van der Waals surface area contributed by atoms with Crippen molar-refractivity contribution in [2.45, 2.75) is 13.0 Å². The average Bonchev–Trinajstić information content (AvgIpc) is 3.14. The van der Waals surface area contributed by atoms with Crippen molar-refractivity contribution in [2.75, 3.05) is 5.32 Å². The van der Waals surface area contributed by atoms with Crippen LogP contribution in [0.2, 0.25) is 5.02 Å². The molecule has 7 heteroatoms. The van der Waals surface area contributed by atoms with Gasteiger partial charge in [0.05, 0.1) is 0 Å². The second-order valence-corrected chi connectivity index (χ2v) is 6.74. The van der Waals surface area contributed by atoms with Gasteiger partial charge in [-0.1, -0.05) is 41.9 Å². The summed E-state index contributed by atoms with van der Waals surface area (Å²) in [6.45, 7) is 1.51. The minimum absolute atomic E-state index is 0.181. The lowest BCUT2D eigenvalue weighted by Crippen LogP contribution is -2.30. The fourth-order valence-corrected chi connectivity index (χ4v) is 3.05. The van der Waals surface area contributed by atoms with Crippen molar-refractivity contribution in [3.8, 4) is 10.6 Å². The monoisotopic (exact) mass is 386 g/mol. The van der Waals surface area contributed by atoms with Gasteiger partial charge in [-0.2, -0.15) is 0 Å². The van der Waals surface area contributed by atoms with E-state index >= 15 is 0 Å². The first-order chi connectivity index (χ1) is 12.5. The van der Waals surface area contributed by atoms with E-state index in [1.165, 1.54) is 18.3 Å². The summed E-state index contributed by atoms with van der Waals surface area (Å²) in [6.07, 6.45) is -0.958. The molecule has 2 aromatic carbocycles.